The van der Waals surface area contributed by atoms with E-state index in [2.05, 4.69) is 0 Å². The second-order valence-corrected chi connectivity index (χ2v) is 7.71. The van der Waals surface area contributed by atoms with E-state index in [1.165, 1.54) is 18.4 Å². The fraction of sp³-hybridized carbons (Fsp3) is 0.538. The molecule has 0 spiro atoms. The third kappa shape index (κ3) is 3.41. The standard InChI is InChI=1S/C13H21ClN2O2S/c1-13(2,10-14)16(5)11-6-8-12(9-7-11)19(17,18)15(3)4/h6-9H,10H2,1-5H3. The Morgan fingerprint density at radius 2 is 1.58 bits per heavy atom. The van der Waals surface area contributed by atoms with E-state index in [1.807, 2.05) is 25.8 Å². The predicted octanol–water partition coefficient (Wildman–Crippen LogP) is 2.39. The Bertz CT molecular complexity index is 524. The zero-order chi connectivity index (χ0) is 14.8. The van der Waals surface area contributed by atoms with E-state index < -0.39 is 10.0 Å². The molecule has 6 heteroatoms. The molecule has 0 aromatic heterocycles. The summed E-state index contributed by atoms with van der Waals surface area (Å²) < 4.78 is 25.1. The molecular formula is C13H21ClN2O2S. The zero-order valence-electron chi connectivity index (χ0n) is 12.0. The third-order valence-corrected chi connectivity index (χ3v) is 5.72. The minimum atomic E-state index is -3.37. The molecule has 108 valence electrons. The minimum absolute atomic E-state index is 0.191. The van der Waals surface area contributed by atoms with Crippen molar-refractivity contribution >= 4 is 27.3 Å². The molecule has 1 aromatic carbocycles. The van der Waals surface area contributed by atoms with Crippen LogP contribution in [-0.4, -0.2) is 45.3 Å². The molecule has 19 heavy (non-hydrogen) atoms. The molecule has 0 saturated carbocycles. The van der Waals surface area contributed by atoms with Crippen LogP contribution >= 0.6 is 11.6 Å². The van der Waals surface area contributed by atoms with E-state index in [0.717, 1.165) is 5.69 Å². The summed E-state index contributed by atoms with van der Waals surface area (Å²) in [7, 11) is 1.61. The number of benzene rings is 1. The normalized spacial score (nSPS) is 12.8. The molecule has 4 nitrogen and oxygen atoms in total. The lowest BCUT2D eigenvalue weighted by atomic mass is 10.1. The first-order chi connectivity index (χ1) is 8.63. The molecule has 0 aliphatic carbocycles. The van der Waals surface area contributed by atoms with E-state index in [-0.39, 0.29) is 5.54 Å². The Labute approximate surface area is 121 Å². The molecule has 0 bridgehead atoms. The van der Waals surface area contributed by atoms with Crippen molar-refractivity contribution in [1.29, 1.82) is 0 Å². The average Bonchev–Trinajstić information content (AvgIpc) is 2.37. The van der Waals surface area contributed by atoms with Crippen molar-refractivity contribution in [3.8, 4) is 0 Å². The Kier molecular flexibility index (Phi) is 4.87. The van der Waals surface area contributed by atoms with Crippen LogP contribution in [0.15, 0.2) is 29.2 Å². The van der Waals surface area contributed by atoms with Gasteiger partial charge in [0.15, 0.2) is 0 Å². The maximum atomic E-state index is 12.0. The van der Waals surface area contributed by atoms with Crippen molar-refractivity contribution in [2.75, 3.05) is 31.9 Å². The van der Waals surface area contributed by atoms with E-state index >= 15 is 0 Å². The molecule has 0 atom stereocenters. The van der Waals surface area contributed by atoms with Crippen LogP contribution in [0.25, 0.3) is 0 Å². The Morgan fingerprint density at radius 3 is 1.95 bits per heavy atom. The number of hydrogen-bond donors (Lipinski definition) is 0. The summed E-state index contributed by atoms with van der Waals surface area (Å²) in [5.41, 5.74) is 0.743. The highest BCUT2D eigenvalue weighted by atomic mass is 35.5. The van der Waals surface area contributed by atoms with Gasteiger partial charge in [-0.3, -0.25) is 0 Å². The van der Waals surface area contributed by atoms with Crippen LogP contribution in [0.4, 0.5) is 5.69 Å². The van der Waals surface area contributed by atoms with Gasteiger partial charge in [-0.2, -0.15) is 0 Å². The van der Waals surface area contributed by atoms with Crippen LogP contribution < -0.4 is 4.90 Å². The lowest BCUT2D eigenvalue weighted by molar-refractivity contribution is 0.520. The van der Waals surface area contributed by atoms with Crippen LogP contribution in [0.3, 0.4) is 0 Å². The number of nitrogens with zero attached hydrogens (tertiary/aromatic N) is 2. The fourth-order valence-corrected chi connectivity index (χ4v) is 2.57. The second-order valence-electron chi connectivity index (χ2n) is 5.29. The minimum Gasteiger partial charge on any atom is -0.368 e. The van der Waals surface area contributed by atoms with Crippen LogP contribution in [0.2, 0.25) is 0 Å². The van der Waals surface area contributed by atoms with Gasteiger partial charge in [0.25, 0.3) is 0 Å². The van der Waals surface area contributed by atoms with Crippen molar-refractivity contribution in [2.45, 2.75) is 24.3 Å². The summed E-state index contributed by atoms with van der Waals surface area (Å²) in [6, 6.07) is 6.83. The van der Waals surface area contributed by atoms with Crippen LogP contribution in [0, 0.1) is 0 Å². The predicted molar refractivity (Wildman–Crippen MR) is 80.5 cm³/mol. The Balaban J connectivity index is 3.08. The van der Waals surface area contributed by atoms with Gasteiger partial charge in [-0.25, -0.2) is 12.7 Å². The SMILES string of the molecule is CN(c1ccc(S(=O)(=O)N(C)C)cc1)C(C)(C)CCl. The summed E-state index contributed by atoms with van der Waals surface area (Å²) in [5, 5.41) is 0. The maximum absolute atomic E-state index is 12.0. The largest absolute Gasteiger partial charge is 0.368 e. The molecule has 0 fully saturated rings. The topological polar surface area (TPSA) is 40.6 Å². The molecule has 0 aliphatic rings. The third-order valence-electron chi connectivity index (χ3n) is 3.24. The molecule has 1 rings (SSSR count). The number of sulfonamides is 1. The van der Waals surface area contributed by atoms with E-state index in [4.69, 9.17) is 11.6 Å². The van der Waals surface area contributed by atoms with Crippen molar-refractivity contribution < 1.29 is 8.42 Å². The van der Waals surface area contributed by atoms with Gasteiger partial charge >= 0.3 is 0 Å². The summed E-state index contributed by atoms with van der Waals surface area (Å²) in [4.78, 5) is 2.32. The highest BCUT2D eigenvalue weighted by Gasteiger charge is 2.23. The summed E-state index contributed by atoms with van der Waals surface area (Å²) in [6.45, 7) is 4.06. The lowest BCUT2D eigenvalue weighted by Gasteiger charge is -2.36. The first-order valence-electron chi connectivity index (χ1n) is 5.95. The monoisotopic (exact) mass is 304 g/mol. The van der Waals surface area contributed by atoms with Crippen molar-refractivity contribution in [1.82, 2.24) is 4.31 Å². The highest BCUT2D eigenvalue weighted by molar-refractivity contribution is 7.89. The first kappa shape index (κ1) is 16.3. The second kappa shape index (κ2) is 5.69. The molecule has 0 radical (unpaired) electrons. The molecule has 1 aromatic rings. The smallest absolute Gasteiger partial charge is 0.242 e. The van der Waals surface area contributed by atoms with Crippen molar-refractivity contribution in [3.63, 3.8) is 0 Å². The first-order valence-corrected chi connectivity index (χ1v) is 7.93. The van der Waals surface area contributed by atoms with Gasteiger partial charge in [0.1, 0.15) is 0 Å². The number of rotatable bonds is 5. The van der Waals surface area contributed by atoms with Gasteiger partial charge in [-0.15, -0.1) is 11.6 Å². The molecule has 0 amide bonds. The van der Waals surface area contributed by atoms with Crippen molar-refractivity contribution in [3.05, 3.63) is 24.3 Å². The number of halogens is 1. The number of anilines is 1. The van der Waals surface area contributed by atoms with Gasteiger partial charge in [0, 0.05) is 38.2 Å². The average molecular weight is 305 g/mol. The van der Waals surface area contributed by atoms with E-state index in [1.54, 1.807) is 24.3 Å². The van der Waals surface area contributed by atoms with E-state index in [9.17, 15) is 8.42 Å². The molecule has 0 N–H and O–H groups in total. The molecule has 0 unspecified atom stereocenters. The number of hydrogen-bond acceptors (Lipinski definition) is 3. The van der Waals surface area contributed by atoms with Gasteiger partial charge in [-0.05, 0) is 38.1 Å². The van der Waals surface area contributed by atoms with Gasteiger partial charge in [0.2, 0.25) is 10.0 Å². The highest BCUT2D eigenvalue weighted by Crippen LogP contribution is 2.25. The fourth-order valence-electron chi connectivity index (χ4n) is 1.49. The van der Waals surface area contributed by atoms with E-state index in [0.29, 0.717) is 10.8 Å². The van der Waals surface area contributed by atoms with Gasteiger partial charge in [-0.1, -0.05) is 0 Å². The van der Waals surface area contributed by atoms with Crippen LogP contribution in [-0.2, 0) is 10.0 Å². The Hall–Kier alpha value is -0.780. The molecular weight excluding hydrogens is 284 g/mol. The summed E-state index contributed by atoms with van der Waals surface area (Å²) in [6.07, 6.45) is 0. The molecule has 0 heterocycles. The Morgan fingerprint density at radius 1 is 1.11 bits per heavy atom. The lowest BCUT2D eigenvalue weighted by Crippen LogP contribution is -2.42. The summed E-state index contributed by atoms with van der Waals surface area (Å²) in [5.74, 6) is 0.487. The molecule has 0 aliphatic heterocycles. The van der Waals surface area contributed by atoms with Gasteiger partial charge < -0.3 is 4.90 Å². The molecule has 0 saturated heterocycles. The maximum Gasteiger partial charge on any atom is 0.242 e. The van der Waals surface area contributed by atoms with Gasteiger partial charge in [0.05, 0.1) is 4.90 Å². The number of alkyl halides is 1. The van der Waals surface area contributed by atoms with Crippen molar-refractivity contribution in [2.24, 2.45) is 0 Å². The van der Waals surface area contributed by atoms with Crippen LogP contribution in [0.1, 0.15) is 13.8 Å². The zero-order valence-corrected chi connectivity index (χ0v) is 13.6. The van der Waals surface area contributed by atoms with Crippen LogP contribution in [0.5, 0.6) is 0 Å². The quantitative estimate of drug-likeness (QED) is 0.784. The summed E-state index contributed by atoms with van der Waals surface area (Å²) >= 11 is 5.94.